The van der Waals surface area contributed by atoms with E-state index >= 15 is 0 Å². The standard InChI is InChI=1S/C19H16N5O3/c1-22(2)16-7-9-23(10-8-16)18(11-14(12-20)13-21)19(25)15-3-5-17(6-4-15)24(26)27/h3-11,20H,1-2H3/q+1. The number of nitriles is 1. The van der Waals surface area contributed by atoms with E-state index in [9.17, 15) is 14.9 Å². The van der Waals surface area contributed by atoms with Crippen molar-refractivity contribution in [1.82, 2.24) is 0 Å². The Bertz CT molecular complexity index is 993. The predicted molar refractivity (Wildman–Crippen MR) is 99.5 cm³/mol. The zero-order valence-electron chi connectivity index (χ0n) is 14.7. The molecule has 134 valence electrons. The normalized spacial score (nSPS) is 10.5. The fourth-order valence-electron chi connectivity index (χ4n) is 2.25. The Morgan fingerprint density at radius 2 is 1.81 bits per heavy atom. The number of ketones is 1. The summed E-state index contributed by atoms with van der Waals surface area (Å²) < 4.78 is 1.52. The number of nitrogens with one attached hydrogen (secondary N) is 1. The van der Waals surface area contributed by atoms with Crippen LogP contribution >= 0.6 is 0 Å². The maximum atomic E-state index is 12.9. The predicted octanol–water partition coefficient (Wildman–Crippen LogP) is 2.37. The molecule has 0 saturated heterocycles. The van der Waals surface area contributed by atoms with Crippen LogP contribution < -0.4 is 9.47 Å². The van der Waals surface area contributed by atoms with E-state index in [2.05, 4.69) is 0 Å². The molecular weight excluding hydrogens is 346 g/mol. The van der Waals surface area contributed by atoms with Crippen LogP contribution in [-0.2, 0) is 0 Å². The number of carbonyl (C=O) groups excluding carboxylic acids is 1. The molecule has 0 unspecified atom stereocenters. The average Bonchev–Trinajstić information content (AvgIpc) is 2.68. The molecule has 1 heterocycles. The van der Waals surface area contributed by atoms with Gasteiger partial charge in [-0.3, -0.25) is 20.3 Å². The van der Waals surface area contributed by atoms with Crippen molar-refractivity contribution in [2.75, 3.05) is 19.0 Å². The summed E-state index contributed by atoms with van der Waals surface area (Å²) in [5.41, 5.74) is 1.00. The number of benzene rings is 1. The second-order valence-corrected chi connectivity index (χ2v) is 5.67. The van der Waals surface area contributed by atoms with Gasteiger partial charge in [0.05, 0.1) is 4.92 Å². The van der Waals surface area contributed by atoms with Crippen LogP contribution in [0.3, 0.4) is 0 Å². The Balaban J connectivity index is 2.52. The highest BCUT2D eigenvalue weighted by molar-refractivity contribution is 6.22. The molecule has 0 atom stereocenters. The highest BCUT2D eigenvalue weighted by Crippen LogP contribution is 2.16. The first-order chi connectivity index (χ1) is 12.9. The number of hydrogen-bond acceptors (Lipinski definition) is 6. The molecule has 0 radical (unpaired) electrons. The molecule has 0 spiro atoms. The van der Waals surface area contributed by atoms with E-state index in [1.54, 1.807) is 30.6 Å². The lowest BCUT2D eigenvalue weighted by atomic mass is 10.1. The first-order valence-corrected chi connectivity index (χ1v) is 7.77. The van der Waals surface area contributed by atoms with Crippen molar-refractivity contribution < 1.29 is 14.3 Å². The van der Waals surface area contributed by atoms with Crippen LogP contribution in [0.25, 0.3) is 5.70 Å². The number of non-ortho nitro benzene ring substituents is 1. The summed E-state index contributed by atoms with van der Waals surface area (Å²) in [5.74, 6) is 1.53. The Labute approximate surface area is 155 Å². The minimum absolute atomic E-state index is 0.116. The van der Waals surface area contributed by atoms with Crippen molar-refractivity contribution in [2.45, 2.75) is 0 Å². The van der Waals surface area contributed by atoms with E-state index in [0.717, 1.165) is 5.69 Å². The number of nitro benzene ring substituents is 1. The first kappa shape index (κ1) is 19.2. The number of rotatable bonds is 6. The molecular formula is C19H16N5O3+. The van der Waals surface area contributed by atoms with Crippen molar-refractivity contribution in [2.24, 2.45) is 0 Å². The number of pyridine rings is 1. The largest absolute Gasteiger partial charge is 0.377 e. The molecule has 0 aliphatic heterocycles. The topological polar surface area (TPSA) is 115 Å². The SMILES string of the molecule is CN(C)c1cc[n+](C(=CC(=C=N)C#N)C(=O)c2ccc([N+](=O)[O-])cc2)cc1. The van der Waals surface area contributed by atoms with Gasteiger partial charge >= 0.3 is 0 Å². The van der Waals surface area contributed by atoms with Gasteiger partial charge in [-0.15, -0.1) is 0 Å². The Hall–Kier alpha value is -4.08. The van der Waals surface area contributed by atoms with Gasteiger partial charge in [0.15, 0.2) is 12.4 Å². The van der Waals surface area contributed by atoms with Gasteiger partial charge in [0.25, 0.3) is 17.2 Å². The molecule has 8 heteroatoms. The van der Waals surface area contributed by atoms with E-state index in [1.807, 2.05) is 24.9 Å². The monoisotopic (exact) mass is 362 g/mol. The molecule has 1 N–H and O–H groups in total. The van der Waals surface area contributed by atoms with Crippen LogP contribution in [0.15, 0.2) is 60.4 Å². The van der Waals surface area contributed by atoms with Crippen LogP contribution in [0.5, 0.6) is 0 Å². The minimum Gasteiger partial charge on any atom is -0.377 e. The van der Waals surface area contributed by atoms with E-state index in [-0.39, 0.29) is 22.5 Å². The average molecular weight is 362 g/mol. The van der Waals surface area contributed by atoms with Gasteiger partial charge in [0.1, 0.15) is 11.6 Å². The lowest BCUT2D eigenvalue weighted by molar-refractivity contribution is -0.576. The molecule has 27 heavy (non-hydrogen) atoms. The lowest BCUT2D eigenvalue weighted by Crippen LogP contribution is -2.36. The van der Waals surface area contributed by atoms with Crippen molar-refractivity contribution in [3.05, 3.63) is 76.1 Å². The molecule has 1 aromatic carbocycles. The first-order valence-electron chi connectivity index (χ1n) is 7.77. The van der Waals surface area contributed by atoms with E-state index in [4.69, 9.17) is 10.7 Å². The molecule has 0 bridgehead atoms. The molecule has 0 amide bonds. The summed E-state index contributed by atoms with van der Waals surface area (Å²) in [6.07, 6.45) is 4.57. The summed E-state index contributed by atoms with van der Waals surface area (Å²) in [5, 5.41) is 27.0. The fourth-order valence-corrected chi connectivity index (χ4v) is 2.25. The van der Waals surface area contributed by atoms with Crippen LogP contribution in [-0.4, -0.2) is 30.7 Å². The number of nitro groups is 1. The minimum atomic E-state index is -0.550. The Morgan fingerprint density at radius 3 is 2.26 bits per heavy atom. The van der Waals surface area contributed by atoms with Crippen molar-refractivity contribution in [3.63, 3.8) is 0 Å². The van der Waals surface area contributed by atoms with Crippen LogP contribution in [0.2, 0.25) is 0 Å². The quantitative estimate of drug-likeness (QED) is 0.124. The van der Waals surface area contributed by atoms with Crippen molar-refractivity contribution in [3.8, 4) is 6.07 Å². The summed E-state index contributed by atoms with van der Waals surface area (Å²) in [4.78, 5) is 25.1. The van der Waals surface area contributed by atoms with E-state index < -0.39 is 10.7 Å². The zero-order chi connectivity index (χ0) is 20.0. The summed E-state index contributed by atoms with van der Waals surface area (Å²) in [6.45, 7) is 0. The van der Waals surface area contributed by atoms with Gasteiger partial charge in [-0.1, -0.05) is 0 Å². The lowest BCUT2D eigenvalue weighted by Gasteiger charge is -2.10. The second-order valence-electron chi connectivity index (χ2n) is 5.67. The van der Waals surface area contributed by atoms with E-state index in [1.165, 1.54) is 34.9 Å². The fraction of sp³-hybridized carbons (Fsp3) is 0.105. The van der Waals surface area contributed by atoms with Gasteiger partial charge in [0, 0.05) is 55.7 Å². The molecule has 2 rings (SSSR count). The van der Waals surface area contributed by atoms with Crippen LogP contribution in [0, 0.1) is 26.9 Å². The van der Waals surface area contributed by atoms with Gasteiger partial charge in [0.2, 0.25) is 0 Å². The summed E-state index contributed by atoms with van der Waals surface area (Å²) in [7, 11) is 3.76. The molecule has 0 aliphatic rings. The molecule has 8 nitrogen and oxygen atoms in total. The molecule has 2 aromatic rings. The van der Waals surface area contributed by atoms with Crippen molar-refractivity contribution in [1.29, 1.82) is 10.7 Å². The maximum absolute atomic E-state index is 12.9. The molecule has 1 aromatic heterocycles. The number of carbonyl (C=O) groups is 1. The highest BCUT2D eigenvalue weighted by atomic mass is 16.6. The van der Waals surface area contributed by atoms with Gasteiger partial charge < -0.3 is 4.90 Å². The third-order valence-corrected chi connectivity index (χ3v) is 3.72. The number of hydrogen-bond donors (Lipinski definition) is 1. The Morgan fingerprint density at radius 1 is 1.22 bits per heavy atom. The van der Waals surface area contributed by atoms with Crippen molar-refractivity contribution >= 4 is 28.7 Å². The number of nitrogens with zero attached hydrogens (tertiary/aromatic N) is 4. The number of Topliss-reactive ketones (excluding diaryl/α,β-unsaturated/α-hetero) is 1. The van der Waals surface area contributed by atoms with Crippen LogP contribution in [0.4, 0.5) is 11.4 Å². The Kier molecular flexibility index (Phi) is 5.94. The molecule has 0 fully saturated rings. The van der Waals surface area contributed by atoms with Gasteiger partial charge in [-0.2, -0.15) is 9.83 Å². The molecule has 0 saturated carbocycles. The van der Waals surface area contributed by atoms with E-state index in [0.29, 0.717) is 0 Å². The van der Waals surface area contributed by atoms with Gasteiger partial charge in [-0.05, 0) is 18.0 Å². The maximum Gasteiger partial charge on any atom is 0.269 e. The third kappa shape index (κ3) is 4.51. The highest BCUT2D eigenvalue weighted by Gasteiger charge is 2.23. The van der Waals surface area contributed by atoms with Crippen LogP contribution in [0.1, 0.15) is 10.4 Å². The third-order valence-electron chi connectivity index (χ3n) is 3.72. The van der Waals surface area contributed by atoms with Gasteiger partial charge in [-0.25, -0.2) is 0 Å². The molecule has 0 aliphatic carbocycles. The number of anilines is 1. The smallest absolute Gasteiger partial charge is 0.269 e. The number of allylic oxidation sites excluding steroid dienone is 3. The summed E-state index contributed by atoms with van der Waals surface area (Å²) >= 11 is 0. The number of aromatic nitrogens is 1. The summed E-state index contributed by atoms with van der Waals surface area (Å²) in [6, 6.07) is 10.5. The second kappa shape index (κ2) is 8.34. The zero-order valence-corrected chi connectivity index (χ0v) is 14.7.